The maximum absolute atomic E-state index is 13.3. The molecule has 0 saturated carbocycles. The normalized spacial score (nSPS) is 11.2. The van der Waals surface area contributed by atoms with Crippen molar-refractivity contribution in [3.8, 4) is 11.4 Å². The molecule has 0 atom stereocenters. The van der Waals surface area contributed by atoms with Gasteiger partial charge < -0.3 is 4.74 Å². The Morgan fingerprint density at radius 1 is 0.657 bits per heavy atom. The number of benzene rings is 1. The van der Waals surface area contributed by atoms with Crippen LogP contribution in [-0.4, -0.2) is 11.7 Å². The summed E-state index contributed by atoms with van der Waals surface area (Å²) in [6, 6.07) is 12.0. The first-order chi connectivity index (χ1) is 17.2. The van der Waals surface area contributed by atoms with Crippen LogP contribution in [0.4, 0.5) is 0 Å². The second-order valence-corrected chi connectivity index (χ2v) is 10.2. The molecule has 0 unspecified atom stereocenters. The maximum atomic E-state index is 13.3. The Bertz CT molecular complexity index is 870. The van der Waals surface area contributed by atoms with Crippen molar-refractivity contribution in [3.63, 3.8) is 0 Å². The molecule has 0 aliphatic rings. The van der Waals surface area contributed by atoms with Crippen LogP contribution in [0.25, 0.3) is 5.69 Å². The van der Waals surface area contributed by atoms with Crippen molar-refractivity contribution in [2.24, 2.45) is 0 Å². The molecule has 196 valence electrons. The van der Waals surface area contributed by atoms with E-state index in [1.165, 1.54) is 102 Å². The van der Waals surface area contributed by atoms with Gasteiger partial charge in [0.1, 0.15) is 5.75 Å². The van der Waals surface area contributed by atoms with E-state index in [0.29, 0.717) is 0 Å². The molecule has 0 radical (unpaired) electrons. The number of ether oxygens (including phenoxy) is 1. The fraction of sp³-hybridized carbons (Fsp3) is 0.656. The van der Waals surface area contributed by atoms with E-state index in [1.807, 2.05) is 34.9 Å². The zero-order chi connectivity index (χ0) is 25.1. The third kappa shape index (κ3) is 11.1. The van der Waals surface area contributed by atoms with Crippen molar-refractivity contribution in [2.75, 3.05) is 7.11 Å². The van der Waals surface area contributed by atoms with Crippen LogP contribution in [0.2, 0.25) is 0 Å². The second-order valence-electron chi connectivity index (χ2n) is 10.2. The lowest BCUT2D eigenvalue weighted by Gasteiger charge is -2.17. The summed E-state index contributed by atoms with van der Waals surface area (Å²) in [7, 11) is 1.68. The van der Waals surface area contributed by atoms with Crippen LogP contribution in [0, 0.1) is 0 Å². The van der Waals surface area contributed by atoms with Gasteiger partial charge in [0.25, 0.3) is 5.56 Å². The molecular weight excluding hydrogens is 430 g/mol. The van der Waals surface area contributed by atoms with E-state index >= 15 is 0 Å². The van der Waals surface area contributed by atoms with Crippen molar-refractivity contribution < 1.29 is 4.74 Å². The number of hydrogen-bond acceptors (Lipinski definition) is 2. The monoisotopic (exact) mass is 481 g/mol. The Morgan fingerprint density at radius 3 is 1.74 bits per heavy atom. The summed E-state index contributed by atoms with van der Waals surface area (Å²) in [5, 5.41) is 0. The highest BCUT2D eigenvalue weighted by Crippen LogP contribution is 2.24. The van der Waals surface area contributed by atoms with E-state index in [9.17, 15) is 4.79 Å². The maximum Gasteiger partial charge on any atom is 0.255 e. The van der Waals surface area contributed by atoms with E-state index in [0.717, 1.165) is 36.4 Å². The first kappa shape index (κ1) is 29.2. The Morgan fingerprint density at radius 2 is 1.17 bits per heavy atom. The minimum Gasteiger partial charge on any atom is -0.495 e. The molecule has 1 aromatic carbocycles. The topological polar surface area (TPSA) is 31.2 Å². The largest absolute Gasteiger partial charge is 0.495 e. The predicted octanol–water partition coefficient (Wildman–Crippen LogP) is 9.21. The van der Waals surface area contributed by atoms with Crippen LogP contribution in [0.5, 0.6) is 5.75 Å². The molecule has 1 aromatic heterocycles. The van der Waals surface area contributed by atoms with Crippen molar-refractivity contribution in [2.45, 2.75) is 129 Å². The smallest absolute Gasteiger partial charge is 0.255 e. The molecule has 1 heterocycles. The van der Waals surface area contributed by atoms with Crippen molar-refractivity contribution in [1.29, 1.82) is 0 Å². The zero-order valence-electron chi connectivity index (χ0n) is 23.0. The summed E-state index contributed by atoms with van der Waals surface area (Å²) in [5.74, 6) is 0.752. The van der Waals surface area contributed by atoms with Gasteiger partial charge in [0.05, 0.1) is 12.8 Å². The predicted molar refractivity (Wildman–Crippen MR) is 151 cm³/mol. The van der Waals surface area contributed by atoms with Crippen LogP contribution in [-0.2, 0) is 12.8 Å². The number of aromatic nitrogens is 1. The highest BCUT2D eigenvalue weighted by Gasteiger charge is 2.13. The van der Waals surface area contributed by atoms with Gasteiger partial charge in [-0.05, 0) is 49.4 Å². The molecule has 2 aromatic rings. The highest BCUT2D eigenvalue weighted by atomic mass is 16.5. The van der Waals surface area contributed by atoms with Crippen LogP contribution >= 0.6 is 0 Å². The lowest BCUT2D eigenvalue weighted by Crippen LogP contribution is -2.22. The third-order valence-corrected chi connectivity index (χ3v) is 7.10. The first-order valence-electron chi connectivity index (χ1n) is 14.6. The molecule has 0 bridgehead atoms. The number of methoxy groups -OCH3 is 1. The molecule has 3 heteroatoms. The summed E-state index contributed by atoms with van der Waals surface area (Å²) in [4.78, 5) is 13.3. The van der Waals surface area contributed by atoms with E-state index in [-0.39, 0.29) is 5.56 Å². The van der Waals surface area contributed by atoms with Crippen molar-refractivity contribution in [1.82, 2.24) is 4.57 Å². The molecule has 35 heavy (non-hydrogen) atoms. The van der Waals surface area contributed by atoms with Gasteiger partial charge in [-0.2, -0.15) is 0 Å². The van der Waals surface area contributed by atoms with Gasteiger partial charge in [-0.1, -0.05) is 116 Å². The number of pyridine rings is 1. The Labute approximate surface area is 215 Å². The van der Waals surface area contributed by atoms with E-state index < -0.39 is 0 Å². The van der Waals surface area contributed by atoms with Crippen LogP contribution in [0.15, 0.2) is 41.2 Å². The number of nitrogens with zero attached hydrogens (tertiary/aromatic N) is 1. The first-order valence-corrected chi connectivity index (χ1v) is 14.6. The Balaban J connectivity index is 2.01. The Hall–Kier alpha value is -2.03. The van der Waals surface area contributed by atoms with Gasteiger partial charge in [0, 0.05) is 11.8 Å². The van der Waals surface area contributed by atoms with Gasteiger partial charge in [-0.15, -0.1) is 0 Å². The molecule has 0 spiro atoms. The summed E-state index contributed by atoms with van der Waals surface area (Å²) >= 11 is 0. The highest BCUT2D eigenvalue weighted by molar-refractivity contribution is 5.48. The summed E-state index contributed by atoms with van der Waals surface area (Å²) < 4.78 is 7.48. The van der Waals surface area contributed by atoms with Crippen LogP contribution in [0.1, 0.15) is 128 Å². The van der Waals surface area contributed by atoms with Gasteiger partial charge in [0.2, 0.25) is 0 Å². The lowest BCUT2D eigenvalue weighted by molar-refractivity contribution is 0.412. The van der Waals surface area contributed by atoms with Crippen LogP contribution in [0.3, 0.4) is 0 Å². The van der Waals surface area contributed by atoms with E-state index in [1.54, 1.807) is 7.11 Å². The number of hydrogen-bond donors (Lipinski definition) is 0. The average molecular weight is 482 g/mol. The molecule has 0 aliphatic heterocycles. The van der Waals surface area contributed by atoms with Gasteiger partial charge in [-0.3, -0.25) is 9.36 Å². The standard InChI is InChI=1S/C32H51NO2/c1-4-6-8-10-12-14-16-18-22-28-26-29(23-19-17-15-13-11-9-7-5-2)33(32(34)27-28)30-24-20-21-25-31(30)35-3/h20-21,24-27H,4-19,22-23H2,1-3H3. The van der Waals surface area contributed by atoms with Gasteiger partial charge in [0.15, 0.2) is 0 Å². The zero-order valence-corrected chi connectivity index (χ0v) is 23.0. The lowest BCUT2D eigenvalue weighted by atomic mass is 10.0. The molecule has 2 rings (SSSR count). The number of rotatable bonds is 20. The summed E-state index contributed by atoms with van der Waals surface area (Å²) in [5.41, 5.74) is 3.25. The summed E-state index contributed by atoms with van der Waals surface area (Å²) in [6.07, 6.45) is 22.8. The fourth-order valence-corrected chi connectivity index (χ4v) is 5.00. The molecule has 0 amide bonds. The number of unbranched alkanes of at least 4 members (excludes halogenated alkanes) is 14. The van der Waals surface area contributed by atoms with Crippen molar-refractivity contribution >= 4 is 0 Å². The fourth-order valence-electron chi connectivity index (χ4n) is 5.00. The minimum atomic E-state index is 0.0705. The van der Waals surface area contributed by atoms with E-state index in [2.05, 4.69) is 19.9 Å². The number of aryl methyl sites for hydroxylation is 2. The molecule has 0 N–H and O–H groups in total. The number of para-hydroxylation sites is 2. The van der Waals surface area contributed by atoms with Crippen LogP contribution < -0.4 is 10.3 Å². The SMILES string of the molecule is CCCCCCCCCCc1cc(CCCCCCCCCC)n(-c2ccccc2OC)c(=O)c1. The van der Waals surface area contributed by atoms with E-state index in [4.69, 9.17) is 4.74 Å². The summed E-state index contributed by atoms with van der Waals surface area (Å²) in [6.45, 7) is 4.54. The van der Waals surface area contributed by atoms with Gasteiger partial charge >= 0.3 is 0 Å². The molecule has 0 saturated heterocycles. The molecular formula is C32H51NO2. The molecule has 0 aliphatic carbocycles. The van der Waals surface area contributed by atoms with Gasteiger partial charge in [-0.25, -0.2) is 0 Å². The average Bonchev–Trinajstić information content (AvgIpc) is 2.87. The minimum absolute atomic E-state index is 0.0705. The Kier molecular flexibility index (Phi) is 15.2. The quantitative estimate of drug-likeness (QED) is 0.176. The second kappa shape index (κ2) is 18.3. The molecule has 0 fully saturated rings. The third-order valence-electron chi connectivity index (χ3n) is 7.10. The molecule has 3 nitrogen and oxygen atoms in total. The van der Waals surface area contributed by atoms with Crippen molar-refractivity contribution in [3.05, 3.63) is 58.0 Å².